The molecule has 64 valence electrons. The number of rotatable bonds is 1. The van der Waals surface area contributed by atoms with Gasteiger partial charge in [-0.1, -0.05) is 0 Å². The largest absolute Gasteiger partial charge is 0.481 e. The average molecular weight is 162 g/mol. The van der Waals surface area contributed by atoms with Gasteiger partial charge >= 0.3 is 5.97 Å². The summed E-state index contributed by atoms with van der Waals surface area (Å²) in [5.74, 6) is -2.00. The summed E-state index contributed by atoms with van der Waals surface area (Å²) in [7, 11) is 0. The number of halogens is 1. The van der Waals surface area contributed by atoms with Gasteiger partial charge in [-0.3, -0.25) is 4.79 Å². The third kappa shape index (κ3) is 1.89. The fourth-order valence-electron chi connectivity index (χ4n) is 1.37. The molecule has 1 aliphatic carbocycles. The van der Waals surface area contributed by atoms with Crippen LogP contribution in [0, 0.1) is 5.92 Å². The first-order chi connectivity index (χ1) is 5.11. The number of carbonyl (C=O) groups is 1. The van der Waals surface area contributed by atoms with Crippen LogP contribution in [0.3, 0.4) is 0 Å². The predicted molar refractivity (Wildman–Crippen MR) is 35.9 cm³/mol. The smallest absolute Gasteiger partial charge is 0.309 e. The van der Waals surface area contributed by atoms with Gasteiger partial charge in [0.25, 0.3) is 0 Å². The molecule has 4 heteroatoms. The highest BCUT2D eigenvalue weighted by molar-refractivity contribution is 5.70. The molecule has 1 saturated carbocycles. The monoisotopic (exact) mass is 162 g/mol. The summed E-state index contributed by atoms with van der Waals surface area (Å²) in [6.45, 7) is 0. The van der Waals surface area contributed by atoms with Gasteiger partial charge in [-0.05, 0) is 12.8 Å². The summed E-state index contributed by atoms with van der Waals surface area (Å²) in [4.78, 5) is 10.3. The minimum atomic E-state index is -1.38. The Morgan fingerprint density at radius 2 is 2.09 bits per heavy atom. The number of carboxylic acid groups (broad SMARTS) is 1. The fraction of sp³-hybridized carbons (Fsp3) is 0.857. The molecule has 0 aliphatic heterocycles. The molecule has 0 aromatic carbocycles. The van der Waals surface area contributed by atoms with Gasteiger partial charge in [-0.15, -0.1) is 0 Å². The lowest BCUT2D eigenvalue weighted by Crippen LogP contribution is -2.33. The molecule has 0 bridgehead atoms. The van der Waals surface area contributed by atoms with Crippen molar-refractivity contribution in [2.75, 3.05) is 0 Å². The lowest BCUT2D eigenvalue weighted by Gasteiger charge is -2.25. The van der Waals surface area contributed by atoms with E-state index in [0.717, 1.165) is 0 Å². The molecule has 2 N–H and O–H groups in total. The highest BCUT2D eigenvalue weighted by Gasteiger charge is 2.34. The molecule has 3 nitrogen and oxygen atoms in total. The zero-order valence-electron chi connectivity index (χ0n) is 6.03. The predicted octanol–water partition coefficient (Wildman–Crippen LogP) is 0.570. The molecule has 0 radical (unpaired) electrons. The Kier molecular flexibility index (Phi) is 2.44. The normalized spacial score (nSPS) is 38.5. The van der Waals surface area contributed by atoms with Crippen molar-refractivity contribution in [1.29, 1.82) is 0 Å². The van der Waals surface area contributed by atoms with Gasteiger partial charge in [-0.2, -0.15) is 0 Å². The number of aliphatic hydroxyl groups excluding tert-OH is 1. The highest BCUT2D eigenvalue weighted by Crippen LogP contribution is 2.27. The van der Waals surface area contributed by atoms with Gasteiger partial charge in [-0.25, -0.2) is 4.39 Å². The Labute approximate surface area is 63.8 Å². The van der Waals surface area contributed by atoms with E-state index in [0.29, 0.717) is 6.42 Å². The molecule has 1 rings (SSSR count). The van der Waals surface area contributed by atoms with E-state index >= 15 is 0 Å². The molecule has 0 heterocycles. The van der Waals surface area contributed by atoms with Crippen molar-refractivity contribution >= 4 is 5.97 Å². The molecule has 0 saturated heterocycles. The summed E-state index contributed by atoms with van der Waals surface area (Å²) < 4.78 is 12.8. The van der Waals surface area contributed by atoms with Crippen LogP contribution >= 0.6 is 0 Å². The number of carboxylic acids is 1. The number of aliphatic carboxylic acids is 1. The van der Waals surface area contributed by atoms with E-state index in [1.54, 1.807) is 0 Å². The lowest BCUT2D eigenvalue weighted by atomic mass is 9.86. The topological polar surface area (TPSA) is 57.5 Å². The Morgan fingerprint density at radius 1 is 1.45 bits per heavy atom. The summed E-state index contributed by atoms with van der Waals surface area (Å²) >= 11 is 0. The molecule has 1 aliphatic rings. The number of aliphatic hydroxyl groups is 1. The Balaban J connectivity index is 2.50. The Bertz CT molecular complexity index is 160. The van der Waals surface area contributed by atoms with Crippen LogP contribution in [-0.4, -0.2) is 28.5 Å². The third-order valence-electron chi connectivity index (χ3n) is 2.06. The van der Waals surface area contributed by atoms with E-state index < -0.39 is 24.2 Å². The first-order valence-corrected chi connectivity index (χ1v) is 3.66. The van der Waals surface area contributed by atoms with Crippen LogP contribution < -0.4 is 0 Å². The fourth-order valence-corrected chi connectivity index (χ4v) is 1.37. The minimum Gasteiger partial charge on any atom is -0.481 e. The number of hydrogen-bond acceptors (Lipinski definition) is 2. The van der Waals surface area contributed by atoms with Crippen LogP contribution in [0.1, 0.15) is 19.3 Å². The molecule has 0 amide bonds. The molecule has 3 unspecified atom stereocenters. The van der Waals surface area contributed by atoms with E-state index in [4.69, 9.17) is 10.2 Å². The van der Waals surface area contributed by atoms with Crippen molar-refractivity contribution in [2.45, 2.75) is 31.5 Å². The second kappa shape index (κ2) is 3.17. The summed E-state index contributed by atoms with van der Waals surface area (Å²) in [6, 6.07) is 0. The molecule has 11 heavy (non-hydrogen) atoms. The van der Waals surface area contributed by atoms with Crippen LogP contribution in [0.15, 0.2) is 0 Å². The summed E-state index contributed by atoms with van der Waals surface area (Å²) in [6.07, 6.45) is -1.41. The zero-order chi connectivity index (χ0) is 8.43. The minimum absolute atomic E-state index is 0.0308. The van der Waals surface area contributed by atoms with Crippen molar-refractivity contribution in [3.8, 4) is 0 Å². The maximum absolute atomic E-state index is 12.8. The maximum Gasteiger partial charge on any atom is 0.309 e. The van der Waals surface area contributed by atoms with Crippen molar-refractivity contribution < 1.29 is 19.4 Å². The SMILES string of the molecule is O=C(O)C1CCC(O)CC1F. The first-order valence-electron chi connectivity index (χ1n) is 3.66. The van der Waals surface area contributed by atoms with Crippen molar-refractivity contribution in [3.63, 3.8) is 0 Å². The summed E-state index contributed by atoms with van der Waals surface area (Å²) in [5.41, 5.74) is 0. The van der Waals surface area contributed by atoms with Crippen molar-refractivity contribution in [2.24, 2.45) is 5.92 Å². The molecular weight excluding hydrogens is 151 g/mol. The van der Waals surface area contributed by atoms with Gasteiger partial charge in [0.2, 0.25) is 0 Å². The number of alkyl halides is 1. The van der Waals surface area contributed by atoms with Gasteiger partial charge in [0, 0.05) is 6.42 Å². The van der Waals surface area contributed by atoms with E-state index in [9.17, 15) is 9.18 Å². The van der Waals surface area contributed by atoms with E-state index in [1.807, 2.05) is 0 Å². The molecule has 0 aromatic heterocycles. The quantitative estimate of drug-likeness (QED) is 0.592. The molecule has 3 atom stereocenters. The van der Waals surface area contributed by atoms with Crippen molar-refractivity contribution in [1.82, 2.24) is 0 Å². The van der Waals surface area contributed by atoms with E-state index in [1.165, 1.54) is 0 Å². The van der Waals surface area contributed by atoms with E-state index in [-0.39, 0.29) is 12.8 Å². The van der Waals surface area contributed by atoms with E-state index in [2.05, 4.69) is 0 Å². The van der Waals surface area contributed by atoms with Crippen LogP contribution in [-0.2, 0) is 4.79 Å². The molecule has 1 fully saturated rings. The molecular formula is C7H11FO3. The zero-order valence-corrected chi connectivity index (χ0v) is 6.03. The number of hydrogen-bond donors (Lipinski definition) is 2. The standard InChI is InChI=1S/C7H11FO3/c8-6-3-4(9)1-2-5(6)7(10)11/h4-6,9H,1-3H2,(H,10,11). The Morgan fingerprint density at radius 3 is 2.55 bits per heavy atom. The third-order valence-corrected chi connectivity index (χ3v) is 2.06. The highest BCUT2D eigenvalue weighted by atomic mass is 19.1. The second-order valence-electron chi connectivity index (χ2n) is 2.93. The molecule has 0 spiro atoms. The van der Waals surface area contributed by atoms with Gasteiger partial charge in [0.1, 0.15) is 6.17 Å². The van der Waals surface area contributed by atoms with Crippen LogP contribution in [0.25, 0.3) is 0 Å². The first kappa shape index (κ1) is 8.46. The average Bonchev–Trinajstić information content (AvgIpc) is 1.85. The van der Waals surface area contributed by atoms with Crippen LogP contribution in [0.5, 0.6) is 0 Å². The van der Waals surface area contributed by atoms with Crippen LogP contribution in [0.4, 0.5) is 4.39 Å². The van der Waals surface area contributed by atoms with Gasteiger partial charge < -0.3 is 10.2 Å². The second-order valence-corrected chi connectivity index (χ2v) is 2.93. The van der Waals surface area contributed by atoms with Crippen molar-refractivity contribution in [3.05, 3.63) is 0 Å². The Hall–Kier alpha value is -0.640. The lowest BCUT2D eigenvalue weighted by molar-refractivity contribution is -0.146. The maximum atomic E-state index is 12.8. The van der Waals surface area contributed by atoms with Gasteiger partial charge in [0.05, 0.1) is 12.0 Å². The molecule has 0 aromatic rings. The van der Waals surface area contributed by atoms with Gasteiger partial charge in [0.15, 0.2) is 0 Å². The summed E-state index contributed by atoms with van der Waals surface area (Å²) in [5, 5.41) is 17.4. The van der Waals surface area contributed by atoms with Crippen LogP contribution in [0.2, 0.25) is 0 Å².